The van der Waals surface area contributed by atoms with E-state index in [1.165, 1.54) is 23.5 Å². The molecule has 0 atom stereocenters. The van der Waals surface area contributed by atoms with Crippen molar-refractivity contribution in [2.45, 2.75) is 30.9 Å². The number of carbonyl (C=O) groups is 2. The van der Waals surface area contributed by atoms with Crippen molar-refractivity contribution in [2.75, 3.05) is 31.3 Å². The maximum atomic E-state index is 13.1. The van der Waals surface area contributed by atoms with Crippen molar-refractivity contribution in [3.8, 4) is 11.5 Å². The number of methoxy groups -OCH3 is 1. The number of amides is 2. The molecule has 174 valence electrons. The van der Waals surface area contributed by atoms with Crippen LogP contribution in [0.25, 0.3) is 11.5 Å². The van der Waals surface area contributed by atoms with Crippen LogP contribution >= 0.6 is 23.1 Å². The van der Waals surface area contributed by atoms with Crippen LogP contribution in [0.1, 0.15) is 33.6 Å². The molecule has 2 N–H and O–H groups in total. The summed E-state index contributed by atoms with van der Waals surface area (Å²) in [5.74, 6) is -0.537. The molecule has 1 aromatic carbocycles. The van der Waals surface area contributed by atoms with Crippen molar-refractivity contribution in [1.29, 1.82) is 0 Å². The highest BCUT2D eigenvalue weighted by Gasteiger charge is 2.26. The van der Waals surface area contributed by atoms with Gasteiger partial charge in [0.15, 0.2) is 0 Å². The van der Waals surface area contributed by atoms with Gasteiger partial charge in [0.2, 0.25) is 11.8 Å². The lowest BCUT2D eigenvalue weighted by atomic mass is 9.95. The van der Waals surface area contributed by atoms with E-state index in [-0.39, 0.29) is 34.5 Å². The third-order valence-corrected chi connectivity index (χ3v) is 7.09. The van der Waals surface area contributed by atoms with Gasteiger partial charge in [-0.15, -0.1) is 21.5 Å². The second-order valence-corrected chi connectivity index (χ2v) is 9.41. The lowest BCUT2D eigenvalue weighted by Gasteiger charge is -2.13. The maximum absolute atomic E-state index is 13.1. The largest absolute Gasteiger partial charge is 0.411 e. The highest BCUT2D eigenvalue weighted by molar-refractivity contribution is 7.99. The summed E-state index contributed by atoms with van der Waals surface area (Å²) in [6.07, 6.45) is 3.85. The molecular weight excluding hydrogens is 467 g/mol. The first-order chi connectivity index (χ1) is 16.0. The van der Waals surface area contributed by atoms with Crippen molar-refractivity contribution >= 4 is 39.9 Å². The Kier molecular flexibility index (Phi) is 7.73. The Morgan fingerprint density at radius 2 is 2.00 bits per heavy atom. The average Bonchev–Trinajstić information content (AvgIpc) is 3.43. The molecule has 0 aliphatic heterocycles. The van der Waals surface area contributed by atoms with Gasteiger partial charge in [0.1, 0.15) is 10.8 Å². The van der Waals surface area contributed by atoms with Crippen LogP contribution in [0.4, 0.5) is 9.39 Å². The van der Waals surface area contributed by atoms with E-state index >= 15 is 0 Å². The Bertz CT molecular complexity index is 1130. The summed E-state index contributed by atoms with van der Waals surface area (Å²) in [6, 6.07) is 5.70. The topological polar surface area (TPSA) is 106 Å². The molecule has 33 heavy (non-hydrogen) atoms. The van der Waals surface area contributed by atoms with Crippen LogP contribution in [0.5, 0.6) is 0 Å². The fourth-order valence-corrected chi connectivity index (χ4v) is 5.38. The van der Waals surface area contributed by atoms with E-state index < -0.39 is 0 Å². The monoisotopic (exact) mass is 490 g/mol. The zero-order chi connectivity index (χ0) is 23.2. The quantitative estimate of drug-likeness (QED) is 0.346. The fraction of sp³-hybridized carbons (Fsp3) is 0.364. The SMILES string of the molecule is COCCNC(=O)c1c(NC(=O)CSc2nnc(-c3ccc(F)cc3)o2)sc2c1CCCC2. The molecule has 1 aliphatic carbocycles. The molecule has 0 saturated carbocycles. The number of benzene rings is 1. The van der Waals surface area contributed by atoms with Gasteiger partial charge in [0, 0.05) is 24.1 Å². The minimum absolute atomic E-state index is 0.0400. The van der Waals surface area contributed by atoms with E-state index in [1.807, 2.05) is 0 Å². The predicted molar refractivity (Wildman–Crippen MR) is 124 cm³/mol. The van der Waals surface area contributed by atoms with E-state index in [2.05, 4.69) is 20.8 Å². The van der Waals surface area contributed by atoms with Crippen LogP contribution in [0, 0.1) is 5.82 Å². The molecule has 0 saturated heterocycles. The lowest BCUT2D eigenvalue weighted by molar-refractivity contribution is -0.113. The predicted octanol–water partition coefficient (Wildman–Crippen LogP) is 3.92. The normalized spacial score (nSPS) is 12.9. The number of nitrogens with zero attached hydrogens (tertiary/aromatic N) is 2. The Hall–Kier alpha value is -2.76. The zero-order valence-corrected chi connectivity index (χ0v) is 19.6. The van der Waals surface area contributed by atoms with Gasteiger partial charge in [-0.1, -0.05) is 11.8 Å². The summed E-state index contributed by atoms with van der Waals surface area (Å²) in [6.45, 7) is 0.817. The van der Waals surface area contributed by atoms with E-state index in [9.17, 15) is 14.0 Å². The summed E-state index contributed by atoms with van der Waals surface area (Å²) in [7, 11) is 1.58. The standard InChI is InChI=1S/C22H23FN4O4S2/c1-30-11-10-24-19(29)18-15-4-2-3-5-16(15)33-21(18)25-17(28)12-32-22-27-26-20(31-22)13-6-8-14(23)9-7-13/h6-9H,2-5,10-12H2,1H3,(H,24,29)(H,25,28). The van der Waals surface area contributed by atoms with Crippen LogP contribution in [0.15, 0.2) is 33.9 Å². The Morgan fingerprint density at radius 3 is 2.79 bits per heavy atom. The maximum Gasteiger partial charge on any atom is 0.277 e. The molecule has 2 heterocycles. The molecule has 0 spiro atoms. The summed E-state index contributed by atoms with van der Waals surface area (Å²) < 4.78 is 23.6. The second-order valence-electron chi connectivity index (χ2n) is 7.38. The van der Waals surface area contributed by atoms with Crippen molar-refractivity contribution < 1.29 is 23.1 Å². The number of aromatic nitrogens is 2. The molecule has 4 rings (SSSR count). The first kappa shape index (κ1) is 23.4. The highest BCUT2D eigenvalue weighted by Crippen LogP contribution is 2.38. The number of hydrogen-bond acceptors (Lipinski definition) is 8. The van der Waals surface area contributed by atoms with E-state index in [1.54, 1.807) is 19.2 Å². The molecule has 0 bridgehead atoms. The number of carbonyl (C=O) groups excluding carboxylic acids is 2. The molecule has 11 heteroatoms. The molecule has 1 aliphatic rings. The van der Waals surface area contributed by atoms with Gasteiger partial charge in [-0.25, -0.2) is 4.39 Å². The summed E-state index contributed by atoms with van der Waals surface area (Å²) >= 11 is 2.56. The summed E-state index contributed by atoms with van der Waals surface area (Å²) in [5.41, 5.74) is 2.18. The highest BCUT2D eigenvalue weighted by atomic mass is 32.2. The Balaban J connectivity index is 1.40. The number of ether oxygens (including phenoxy) is 1. The number of nitrogens with one attached hydrogen (secondary N) is 2. The van der Waals surface area contributed by atoms with Crippen LogP contribution < -0.4 is 10.6 Å². The number of hydrogen-bond donors (Lipinski definition) is 2. The van der Waals surface area contributed by atoms with Crippen LogP contribution in [0.2, 0.25) is 0 Å². The van der Waals surface area contributed by atoms with Crippen LogP contribution in [0.3, 0.4) is 0 Å². The van der Waals surface area contributed by atoms with Gasteiger partial charge in [0.05, 0.1) is 17.9 Å². The van der Waals surface area contributed by atoms with Crippen LogP contribution in [-0.4, -0.2) is 48.0 Å². The summed E-state index contributed by atoms with van der Waals surface area (Å²) in [4.78, 5) is 26.6. The smallest absolute Gasteiger partial charge is 0.277 e. The third kappa shape index (κ3) is 5.79. The molecule has 3 aromatic rings. The number of aryl methyl sites for hydroxylation is 1. The van der Waals surface area contributed by atoms with Gasteiger partial charge < -0.3 is 19.8 Å². The van der Waals surface area contributed by atoms with Crippen molar-refractivity contribution in [3.05, 3.63) is 46.1 Å². The second kappa shape index (κ2) is 10.9. The van der Waals surface area contributed by atoms with E-state index in [0.717, 1.165) is 47.9 Å². The Labute approximate surface area is 198 Å². The molecular formula is C22H23FN4O4S2. The summed E-state index contributed by atoms with van der Waals surface area (Å²) in [5, 5.41) is 14.4. The van der Waals surface area contributed by atoms with Crippen molar-refractivity contribution in [2.24, 2.45) is 0 Å². The molecule has 0 unspecified atom stereocenters. The third-order valence-electron chi connectivity index (χ3n) is 5.07. The molecule has 2 aromatic heterocycles. The first-order valence-corrected chi connectivity index (χ1v) is 12.3. The minimum atomic E-state index is -0.355. The van der Waals surface area contributed by atoms with Crippen molar-refractivity contribution in [3.63, 3.8) is 0 Å². The van der Waals surface area contributed by atoms with Gasteiger partial charge in [-0.2, -0.15) is 0 Å². The Morgan fingerprint density at radius 1 is 1.21 bits per heavy atom. The molecule has 0 radical (unpaired) electrons. The minimum Gasteiger partial charge on any atom is -0.411 e. The first-order valence-electron chi connectivity index (χ1n) is 10.5. The molecule has 8 nitrogen and oxygen atoms in total. The van der Waals surface area contributed by atoms with Gasteiger partial charge in [-0.3, -0.25) is 9.59 Å². The van der Waals surface area contributed by atoms with Gasteiger partial charge in [0.25, 0.3) is 11.1 Å². The zero-order valence-electron chi connectivity index (χ0n) is 18.0. The van der Waals surface area contributed by atoms with Crippen molar-refractivity contribution in [1.82, 2.24) is 15.5 Å². The number of rotatable bonds is 9. The number of fused-ring (bicyclic) bond motifs is 1. The van der Waals surface area contributed by atoms with Crippen LogP contribution in [-0.2, 0) is 22.4 Å². The van der Waals surface area contributed by atoms with E-state index in [0.29, 0.717) is 29.3 Å². The van der Waals surface area contributed by atoms with E-state index in [4.69, 9.17) is 9.15 Å². The number of thioether (sulfide) groups is 1. The average molecular weight is 491 g/mol. The lowest BCUT2D eigenvalue weighted by Crippen LogP contribution is -2.29. The molecule has 0 fully saturated rings. The fourth-order valence-electron chi connectivity index (χ4n) is 3.52. The molecule has 2 amide bonds. The van der Waals surface area contributed by atoms with Gasteiger partial charge in [-0.05, 0) is 55.5 Å². The number of halogens is 1. The number of anilines is 1. The van der Waals surface area contributed by atoms with Gasteiger partial charge >= 0.3 is 0 Å². The number of thiophene rings is 1.